The van der Waals surface area contributed by atoms with E-state index in [1.165, 1.54) is 12.7 Å². The van der Waals surface area contributed by atoms with Gasteiger partial charge < -0.3 is 9.64 Å². The Balaban J connectivity index is 2.12. The average Bonchev–Trinajstić information content (AvgIpc) is 2.57. The average molecular weight is 345 g/mol. The number of hydrogen-bond acceptors (Lipinski definition) is 3. The Kier molecular flexibility index (Phi) is 6.26. The molecule has 0 aromatic heterocycles. The Morgan fingerprint density at radius 3 is 2.16 bits per heavy atom. The number of aryl methyl sites for hydroxylation is 3. The minimum Gasteiger partial charge on any atom is -0.469 e. The lowest BCUT2D eigenvalue weighted by molar-refractivity contribution is -0.157. The number of methoxy groups -OCH3 is 1. The van der Waals surface area contributed by atoms with Gasteiger partial charge >= 0.3 is 5.97 Å². The van der Waals surface area contributed by atoms with E-state index in [1.54, 1.807) is 11.9 Å². The second kappa shape index (κ2) is 8.03. The van der Waals surface area contributed by atoms with Crippen molar-refractivity contribution in [2.24, 2.45) is 5.41 Å². The maximum Gasteiger partial charge on any atom is 0.313 e. The van der Waals surface area contributed by atoms with Crippen molar-refractivity contribution in [3.8, 4) is 0 Å². The van der Waals surface area contributed by atoms with E-state index in [0.717, 1.165) is 48.8 Å². The van der Waals surface area contributed by atoms with Crippen LogP contribution in [0.15, 0.2) is 12.1 Å². The molecule has 1 aromatic rings. The van der Waals surface area contributed by atoms with Gasteiger partial charge in [-0.1, -0.05) is 37.0 Å². The molecular formula is C21H31NO3. The van der Waals surface area contributed by atoms with Crippen LogP contribution in [0.3, 0.4) is 0 Å². The van der Waals surface area contributed by atoms with Gasteiger partial charge in [0.15, 0.2) is 0 Å². The van der Waals surface area contributed by atoms with Crippen molar-refractivity contribution in [1.29, 1.82) is 0 Å². The zero-order valence-electron chi connectivity index (χ0n) is 16.3. The molecule has 4 nitrogen and oxygen atoms in total. The van der Waals surface area contributed by atoms with Crippen LogP contribution in [0.25, 0.3) is 0 Å². The fourth-order valence-electron chi connectivity index (χ4n) is 4.19. The van der Waals surface area contributed by atoms with Crippen LogP contribution in [0, 0.1) is 26.2 Å². The summed E-state index contributed by atoms with van der Waals surface area (Å²) in [7, 11) is 3.25. The van der Waals surface area contributed by atoms with Crippen LogP contribution in [-0.4, -0.2) is 37.5 Å². The number of benzene rings is 1. The van der Waals surface area contributed by atoms with Crippen LogP contribution in [0.1, 0.15) is 54.4 Å². The van der Waals surface area contributed by atoms with Gasteiger partial charge in [-0.3, -0.25) is 9.59 Å². The number of likely N-dealkylation sites (N-methyl/N-ethyl adjacent to an activating group) is 1. The molecular weight excluding hydrogens is 314 g/mol. The van der Waals surface area contributed by atoms with E-state index < -0.39 is 5.41 Å². The predicted octanol–water partition coefficient (Wildman–Crippen LogP) is 3.74. The van der Waals surface area contributed by atoms with Gasteiger partial charge in [0.1, 0.15) is 0 Å². The number of nitrogens with zero attached hydrogens (tertiary/aromatic N) is 1. The summed E-state index contributed by atoms with van der Waals surface area (Å²) in [4.78, 5) is 26.9. The summed E-state index contributed by atoms with van der Waals surface area (Å²) in [6.45, 7) is 6.63. The quantitative estimate of drug-likeness (QED) is 0.764. The number of esters is 1. The molecule has 0 heterocycles. The van der Waals surface area contributed by atoms with Crippen molar-refractivity contribution in [2.45, 2.75) is 59.3 Å². The second-order valence-corrected chi connectivity index (χ2v) is 7.64. The lowest BCUT2D eigenvalue weighted by Gasteiger charge is -2.37. The maximum atomic E-state index is 12.8. The molecule has 4 heteroatoms. The van der Waals surface area contributed by atoms with Gasteiger partial charge in [0.05, 0.1) is 18.9 Å². The van der Waals surface area contributed by atoms with E-state index >= 15 is 0 Å². The first-order chi connectivity index (χ1) is 11.8. The number of ether oxygens (including phenoxy) is 1. The molecule has 138 valence electrons. The van der Waals surface area contributed by atoms with Gasteiger partial charge in [0.2, 0.25) is 5.91 Å². The molecule has 0 saturated heterocycles. The molecule has 25 heavy (non-hydrogen) atoms. The lowest BCUT2D eigenvalue weighted by Crippen LogP contribution is -2.46. The van der Waals surface area contributed by atoms with Gasteiger partial charge in [0, 0.05) is 13.6 Å². The first-order valence-electron chi connectivity index (χ1n) is 9.18. The number of carbonyl (C=O) groups excluding carboxylic acids is 2. The molecule has 0 bridgehead atoms. The van der Waals surface area contributed by atoms with E-state index in [2.05, 4.69) is 32.9 Å². The Bertz CT molecular complexity index is 622. The third-order valence-corrected chi connectivity index (χ3v) is 5.56. The first-order valence-corrected chi connectivity index (χ1v) is 9.18. The predicted molar refractivity (Wildman–Crippen MR) is 99.5 cm³/mol. The minimum absolute atomic E-state index is 0.0592. The van der Waals surface area contributed by atoms with Crippen molar-refractivity contribution >= 4 is 11.9 Å². The normalized spacial score (nSPS) is 16.4. The van der Waals surface area contributed by atoms with Crippen molar-refractivity contribution < 1.29 is 14.3 Å². The third kappa shape index (κ3) is 4.42. The summed E-state index contributed by atoms with van der Waals surface area (Å²) in [5.41, 5.74) is 4.08. The fourth-order valence-corrected chi connectivity index (χ4v) is 4.19. The van der Waals surface area contributed by atoms with Crippen molar-refractivity contribution in [1.82, 2.24) is 4.90 Å². The minimum atomic E-state index is -0.533. The summed E-state index contributed by atoms with van der Waals surface area (Å²) in [6, 6.07) is 4.24. The Morgan fingerprint density at radius 2 is 1.64 bits per heavy atom. The summed E-state index contributed by atoms with van der Waals surface area (Å²) in [5.74, 6) is -0.113. The summed E-state index contributed by atoms with van der Waals surface area (Å²) >= 11 is 0. The Labute approximate surface area is 151 Å². The second-order valence-electron chi connectivity index (χ2n) is 7.64. The zero-order valence-corrected chi connectivity index (χ0v) is 16.3. The highest BCUT2D eigenvalue weighted by atomic mass is 16.5. The first kappa shape index (κ1) is 19.5. The summed E-state index contributed by atoms with van der Waals surface area (Å²) in [6.07, 6.45) is 5.18. The number of hydrogen-bond donors (Lipinski definition) is 0. The molecule has 1 aliphatic rings. The van der Waals surface area contributed by atoms with Crippen LogP contribution in [0.4, 0.5) is 0 Å². The van der Waals surface area contributed by atoms with Gasteiger partial charge in [-0.15, -0.1) is 0 Å². The van der Waals surface area contributed by atoms with E-state index in [0.29, 0.717) is 13.0 Å². The van der Waals surface area contributed by atoms with Crippen LogP contribution in [0.2, 0.25) is 0 Å². The smallest absolute Gasteiger partial charge is 0.313 e. The van der Waals surface area contributed by atoms with Crippen LogP contribution in [-0.2, 0) is 20.7 Å². The van der Waals surface area contributed by atoms with Crippen LogP contribution in [0.5, 0.6) is 0 Å². The largest absolute Gasteiger partial charge is 0.469 e. The van der Waals surface area contributed by atoms with Crippen molar-refractivity contribution in [2.75, 3.05) is 20.7 Å². The lowest BCUT2D eigenvalue weighted by atomic mass is 9.73. The molecule has 0 spiro atoms. The highest BCUT2D eigenvalue weighted by molar-refractivity contribution is 5.82. The summed E-state index contributed by atoms with van der Waals surface area (Å²) in [5, 5.41) is 0. The van der Waals surface area contributed by atoms with Crippen molar-refractivity contribution in [3.05, 3.63) is 34.4 Å². The molecule has 0 atom stereocenters. The standard InChI is InChI=1S/C21H31NO3/c1-15-11-16(2)18(17(3)12-15)13-19(23)22(4)14-21(20(24)25-5)9-7-6-8-10-21/h11-12H,6-10,13-14H2,1-5H3. The third-order valence-electron chi connectivity index (χ3n) is 5.56. The Morgan fingerprint density at radius 1 is 1.08 bits per heavy atom. The van der Waals surface area contributed by atoms with Crippen LogP contribution >= 0.6 is 0 Å². The molecule has 1 saturated carbocycles. The Hall–Kier alpha value is -1.84. The molecule has 0 N–H and O–H groups in total. The maximum absolute atomic E-state index is 12.8. The molecule has 1 aromatic carbocycles. The van der Waals surface area contributed by atoms with Gasteiger partial charge in [-0.05, 0) is 50.3 Å². The van der Waals surface area contributed by atoms with E-state index in [1.807, 2.05) is 0 Å². The monoisotopic (exact) mass is 345 g/mol. The molecule has 0 aliphatic heterocycles. The molecule has 0 unspecified atom stereocenters. The topological polar surface area (TPSA) is 46.6 Å². The molecule has 1 amide bonds. The zero-order chi connectivity index (χ0) is 18.6. The fraction of sp³-hybridized carbons (Fsp3) is 0.619. The SMILES string of the molecule is COC(=O)C1(CN(C)C(=O)Cc2c(C)cc(C)cc2C)CCCCC1. The van der Waals surface area contributed by atoms with Crippen LogP contribution < -0.4 is 0 Å². The highest BCUT2D eigenvalue weighted by Gasteiger charge is 2.42. The van der Waals surface area contributed by atoms with Gasteiger partial charge in [-0.2, -0.15) is 0 Å². The van der Waals surface area contributed by atoms with Crippen molar-refractivity contribution in [3.63, 3.8) is 0 Å². The number of carbonyl (C=O) groups is 2. The highest BCUT2D eigenvalue weighted by Crippen LogP contribution is 2.38. The van der Waals surface area contributed by atoms with E-state index in [-0.39, 0.29) is 11.9 Å². The molecule has 1 aliphatic carbocycles. The van der Waals surface area contributed by atoms with E-state index in [4.69, 9.17) is 4.74 Å². The summed E-state index contributed by atoms with van der Waals surface area (Å²) < 4.78 is 5.07. The molecule has 0 radical (unpaired) electrons. The molecule has 1 fully saturated rings. The molecule has 2 rings (SSSR count). The van der Waals surface area contributed by atoms with E-state index in [9.17, 15) is 9.59 Å². The number of rotatable bonds is 5. The van der Waals surface area contributed by atoms with Gasteiger partial charge in [0.25, 0.3) is 0 Å². The van der Waals surface area contributed by atoms with Gasteiger partial charge in [-0.25, -0.2) is 0 Å². The number of amides is 1.